The van der Waals surface area contributed by atoms with Crippen molar-refractivity contribution in [1.29, 1.82) is 0 Å². The molecule has 100 valence electrons. The Morgan fingerprint density at radius 1 is 1.22 bits per heavy atom. The van der Waals surface area contributed by atoms with E-state index < -0.39 is 6.10 Å². The van der Waals surface area contributed by atoms with E-state index in [-0.39, 0.29) is 6.61 Å². The lowest BCUT2D eigenvalue weighted by molar-refractivity contribution is 0.0893. The molecule has 1 aromatic carbocycles. The van der Waals surface area contributed by atoms with E-state index in [4.69, 9.17) is 5.11 Å². The van der Waals surface area contributed by atoms with Gasteiger partial charge in [0, 0.05) is 23.7 Å². The fraction of sp³-hybridized carbons (Fsp3) is 0.600. The highest BCUT2D eigenvalue weighted by molar-refractivity contribution is 8.05. The van der Waals surface area contributed by atoms with Crippen LogP contribution in [0.3, 0.4) is 0 Å². The summed E-state index contributed by atoms with van der Waals surface area (Å²) >= 11 is 0. The fourth-order valence-corrected chi connectivity index (χ4v) is 5.59. The van der Waals surface area contributed by atoms with Crippen LogP contribution in [0.4, 0.5) is 0 Å². The summed E-state index contributed by atoms with van der Waals surface area (Å²) in [5.74, 6) is 0. The molecule has 1 fully saturated rings. The maximum atomic E-state index is 9.63. The van der Waals surface area contributed by atoms with Crippen molar-refractivity contribution in [1.82, 2.24) is 0 Å². The molecule has 0 aromatic heterocycles. The van der Waals surface area contributed by atoms with E-state index in [1.165, 1.54) is 24.2 Å². The minimum Gasteiger partial charge on any atom is -0.394 e. The summed E-state index contributed by atoms with van der Waals surface area (Å²) in [5.41, 5.74) is 0. The van der Waals surface area contributed by atoms with Crippen LogP contribution in [0.15, 0.2) is 35.2 Å². The number of aliphatic hydroxyl groups is 2. The van der Waals surface area contributed by atoms with Gasteiger partial charge in [-0.25, -0.2) is 0 Å². The van der Waals surface area contributed by atoms with E-state index in [0.29, 0.717) is 16.1 Å². The fourth-order valence-electron chi connectivity index (χ4n) is 2.55. The van der Waals surface area contributed by atoms with E-state index >= 15 is 0 Å². The molecule has 0 spiro atoms. The summed E-state index contributed by atoms with van der Waals surface area (Å²) in [6.07, 6.45) is 3.98. The van der Waals surface area contributed by atoms with Gasteiger partial charge in [0.1, 0.15) is 0 Å². The number of unbranched alkanes of at least 4 members (excludes halogenated alkanes) is 1. The molecule has 1 aromatic rings. The first-order valence-corrected chi connectivity index (χ1v) is 8.19. The van der Waals surface area contributed by atoms with Crippen molar-refractivity contribution >= 4 is 10.9 Å². The van der Waals surface area contributed by atoms with Crippen molar-refractivity contribution in [3.63, 3.8) is 0 Å². The second-order valence-electron chi connectivity index (χ2n) is 4.98. The zero-order valence-electron chi connectivity index (χ0n) is 11.0. The van der Waals surface area contributed by atoms with Gasteiger partial charge in [-0.05, 0) is 18.6 Å². The molecule has 18 heavy (non-hydrogen) atoms. The van der Waals surface area contributed by atoms with Gasteiger partial charge >= 0.3 is 0 Å². The standard InChI is InChI=1S/C15H23O2S/c1-2-3-9-14-15(10-12(17)11-16)18(14)13-7-5-4-6-8-13/h4-8,12,14-17H,2-3,9-11H2,1H3/q+1/t12-,14+,15-,18?/m0/s1. The molecule has 0 amide bonds. The van der Waals surface area contributed by atoms with Gasteiger partial charge in [0.05, 0.1) is 12.7 Å². The molecule has 1 aliphatic heterocycles. The molecular weight excluding hydrogens is 244 g/mol. The van der Waals surface area contributed by atoms with Gasteiger partial charge in [-0.1, -0.05) is 31.5 Å². The van der Waals surface area contributed by atoms with Crippen LogP contribution in [-0.4, -0.2) is 33.4 Å². The van der Waals surface area contributed by atoms with E-state index in [2.05, 4.69) is 37.3 Å². The quantitative estimate of drug-likeness (QED) is 0.588. The molecule has 4 atom stereocenters. The zero-order chi connectivity index (χ0) is 13.0. The average Bonchev–Trinajstić information content (AvgIpc) is 3.09. The number of benzene rings is 1. The lowest BCUT2D eigenvalue weighted by Crippen LogP contribution is -2.15. The summed E-state index contributed by atoms with van der Waals surface area (Å²) in [6.45, 7) is 2.11. The van der Waals surface area contributed by atoms with Gasteiger partial charge in [-0.2, -0.15) is 0 Å². The third kappa shape index (κ3) is 3.28. The average molecular weight is 267 g/mol. The highest BCUT2D eigenvalue weighted by atomic mass is 32.2. The van der Waals surface area contributed by atoms with Crippen LogP contribution in [0.25, 0.3) is 0 Å². The van der Waals surface area contributed by atoms with E-state index in [1.807, 2.05) is 0 Å². The number of aliphatic hydroxyl groups excluding tert-OH is 2. The summed E-state index contributed by atoms with van der Waals surface area (Å²) < 4.78 is 0. The Labute approximate surface area is 112 Å². The van der Waals surface area contributed by atoms with Crippen LogP contribution in [0, 0.1) is 0 Å². The molecule has 1 aliphatic rings. The number of hydrogen-bond acceptors (Lipinski definition) is 2. The van der Waals surface area contributed by atoms with Crippen molar-refractivity contribution in [3.05, 3.63) is 30.3 Å². The lowest BCUT2D eigenvalue weighted by atomic mass is 10.1. The maximum absolute atomic E-state index is 9.63. The number of hydrogen-bond donors (Lipinski definition) is 2. The van der Waals surface area contributed by atoms with Crippen LogP contribution in [0.5, 0.6) is 0 Å². The Bertz CT molecular complexity index is 355. The van der Waals surface area contributed by atoms with Gasteiger partial charge in [0.2, 0.25) is 0 Å². The maximum Gasteiger partial charge on any atom is 0.174 e. The predicted octanol–water partition coefficient (Wildman–Crippen LogP) is 2.35. The third-order valence-corrected chi connectivity index (χ3v) is 6.46. The molecule has 1 unspecified atom stereocenters. The first-order valence-electron chi connectivity index (χ1n) is 6.83. The molecule has 0 aliphatic carbocycles. The van der Waals surface area contributed by atoms with Crippen molar-refractivity contribution < 1.29 is 10.2 Å². The molecule has 0 bridgehead atoms. The monoisotopic (exact) mass is 267 g/mol. The molecular formula is C15H23O2S+. The van der Waals surface area contributed by atoms with Crippen molar-refractivity contribution in [2.24, 2.45) is 0 Å². The Kier molecular flexibility index (Phi) is 5.10. The van der Waals surface area contributed by atoms with Gasteiger partial charge in [0.25, 0.3) is 0 Å². The minimum absolute atomic E-state index is 0.108. The molecule has 2 rings (SSSR count). The van der Waals surface area contributed by atoms with Crippen LogP contribution in [0.1, 0.15) is 32.6 Å². The van der Waals surface area contributed by atoms with E-state index in [1.54, 1.807) is 0 Å². The molecule has 2 N–H and O–H groups in total. The van der Waals surface area contributed by atoms with Gasteiger partial charge in [0.15, 0.2) is 15.4 Å². The van der Waals surface area contributed by atoms with Crippen LogP contribution in [-0.2, 0) is 10.9 Å². The summed E-state index contributed by atoms with van der Waals surface area (Å²) in [4.78, 5) is 1.42. The summed E-state index contributed by atoms with van der Waals surface area (Å²) in [7, 11) is 0.301. The molecule has 1 saturated heterocycles. The topological polar surface area (TPSA) is 40.5 Å². The predicted molar refractivity (Wildman–Crippen MR) is 76.9 cm³/mol. The van der Waals surface area contributed by atoms with Crippen molar-refractivity contribution in [3.8, 4) is 0 Å². The third-order valence-electron chi connectivity index (χ3n) is 3.56. The highest BCUT2D eigenvalue weighted by Gasteiger charge is 2.63. The van der Waals surface area contributed by atoms with Crippen LogP contribution >= 0.6 is 0 Å². The second kappa shape index (κ2) is 6.60. The summed E-state index contributed by atoms with van der Waals surface area (Å²) in [5, 5.41) is 19.9. The van der Waals surface area contributed by atoms with Gasteiger partial charge in [-0.15, -0.1) is 0 Å². The smallest absolute Gasteiger partial charge is 0.174 e. The normalized spacial score (nSPS) is 28.1. The van der Waals surface area contributed by atoms with Crippen LogP contribution in [0.2, 0.25) is 0 Å². The molecule has 1 heterocycles. The molecule has 0 saturated carbocycles. The molecule has 2 nitrogen and oxygen atoms in total. The van der Waals surface area contributed by atoms with E-state index in [9.17, 15) is 5.11 Å². The van der Waals surface area contributed by atoms with Crippen LogP contribution < -0.4 is 0 Å². The highest BCUT2D eigenvalue weighted by Crippen LogP contribution is 2.46. The number of rotatable bonds is 7. The first-order chi connectivity index (χ1) is 8.77. The lowest BCUT2D eigenvalue weighted by Gasteiger charge is -2.01. The minimum atomic E-state index is -0.541. The molecule has 0 radical (unpaired) electrons. The summed E-state index contributed by atoms with van der Waals surface area (Å²) in [6, 6.07) is 10.6. The SMILES string of the molecule is CCCC[C@@H]1[C@H](C[C@H](O)CO)[S+]1c1ccccc1. The Hall–Kier alpha value is -0.510. The zero-order valence-corrected chi connectivity index (χ0v) is 11.8. The Morgan fingerprint density at radius 3 is 2.56 bits per heavy atom. The van der Waals surface area contributed by atoms with Gasteiger partial charge in [-0.3, -0.25) is 0 Å². The van der Waals surface area contributed by atoms with Crippen molar-refractivity contribution in [2.45, 2.75) is 54.1 Å². The Morgan fingerprint density at radius 2 is 1.94 bits per heavy atom. The van der Waals surface area contributed by atoms with E-state index in [0.717, 1.165) is 11.7 Å². The van der Waals surface area contributed by atoms with Crippen molar-refractivity contribution in [2.75, 3.05) is 6.61 Å². The Balaban J connectivity index is 1.99. The largest absolute Gasteiger partial charge is 0.394 e. The molecule has 3 heteroatoms. The first kappa shape index (κ1) is 13.9. The second-order valence-corrected chi connectivity index (χ2v) is 7.40. The van der Waals surface area contributed by atoms with Gasteiger partial charge < -0.3 is 10.2 Å².